The molecule has 0 aliphatic carbocycles. The van der Waals surface area contributed by atoms with Gasteiger partial charge in [-0.1, -0.05) is 19.1 Å². The molecule has 96 valence electrons. The summed E-state index contributed by atoms with van der Waals surface area (Å²) in [6, 6.07) is 9.61. The molecule has 0 aliphatic rings. The summed E-state index contributed by atoms with van der Waals surface area (Å²) in [5, 5.41) is 8.98. The number of nitriles is 1. The van der Waals surface area contributed by atoms with Gasteiger partial charge in [0, 0.05) is 16.8 Å². The van der Waals surface area contributed by atoms with Crippen molar-refractivity contribution in [1.82, 2.24) is 4.98 Å². The number of hydrogen-bond donors (Lipinski definition) is 1. The van der Waals surface area contributed by atoms with Crippen molar-refractivity contribution < 1.29 is 0 Å². The van der Waals surface area contributed by atoms with Gasteiger partial charge in [0.05, 0.1) is 11.6 Å². The van der Waals surface area contributed by atoms with Crippen molar-refractivity contribution in [2.75, 3.05) is 0 Å². The predicted molar refractivity (Wildman–Crippen MR) is 76.1 cm³/mol. The van der Waals surface area contributed by atoms with Crippen LogP contribution in [-0.4, -0.2) is 4.98 Å². The summed E-state index contributed by atoms with van der Waals surface area (Å²) in [7, 11) is 0. The Morgan fingerprint density at radius 1 is 1.32 bits per heavy atom. The lowest BCUT2D eigenvalue weighted by Crippen LogP contribution is -2.16. The maximum Gasteiger partial charge on any atom is 0.251 e. The van der Waals surface area contributed by atoms with Crippen LogP contribution in [0.15, 0.2) is 29.1 Å². The molecule has 0 spiro atoms. The molecule has 0 unspecified atom stereocenters. The molecule has 0 amide bonds. The van der Waals surface area contributed by atoms with E-state index in [-0.39, 0.29) is 5.56 Å². The van der Waals surface area contributed by atoms with E-state index in [2.05, 4.69) is 11.1 Å². The molecule has 0 fully saturated rings. The molecule has 0 aliphatic heterocycles. The first-order chi connectivity index (χ1) is 9.08. The maximum absolute atomic E-state index is 11.9. The van der Waals surface area contributed by atoms with Crippen LogP contribution >= 0.6 is 0 Å². The van der Waals surface area contributed by atoms with Crippen LogP contribution in [-0.2, 0) is 6.42 Å². The Hall–Kier alpha value is -2.34. The number of rotatable bonds is 2. The minimum Gasteiger partial charge on any atom is -0.326 e. The second-order valence-corrected chi connectivity index (χ2v) is 4.60. The van der Waals surface area contributed by atoms with Crippen LogP contribution < -0.4 is 5.56 Å². The largest absolute Gasteiger partial charge is 0.326 e. The third-order valence-electron chi connectivity index (χ3n) is 3.41. The highest BCUT2D eigenvalue weighted by molar-refractivity contribution is 5.71. The van der Waals surface area contributed by atoms with Crippen LogP contribution in [0, 0.1) is 25.2 Å². The van der Waals surface area contributed by atoms with E-state index in [0.717, 1.165) is 27.9 Å². The van der Waals surface area contributed by atoms with E-state index in [0.29, 0.717) is 12.0 Å². The van der Waals surface area contributed by atoms with Crippen LogP contribution in [0.4, 0.5) is 0 Å². The van der Waals surface area contributed by atoms with Gasteiger partial charge in [-0.25, -0.2) is 0 Å². The highest BCUT2D eigenvalue weighted by Crippen LogP contribution is 2.27. The van der Waals surface area contributed by atoms with Crippen molar-refractivity contribution in [3.8, 4) is 17.2 Å². The third-order valence-corrected chi connectivity index (χ3v) is 3.41. The number of hydrogen-bond acceptors (Lipinski definition) is 2. The molecule has 19 heavy (non-hydrogen) atoms. The summed E-state index contributed by atoms with van der Waals surface area (Å²) in [6.07, 6.45) is 0.701. The van der Waals surface area contributed by atoms with Crippen LogP contribution in [0.5, 0.6) is 0 Å². The van der Waals surface area contributed by atoms with Crippen LogP contribution in [0.25, 0.3) is 11.1 Å². The fraction of sp³-hybridized carbons (Fsp3) is 0.250. The van der Waals surface area contributed by atoms with E-state index in [1.54, 1.807) is 6.07 Å². The molecular weight excluding hydrogens is 236 g/mol. The fourth-order valence-electron chi connectivity index (χ4n) is 2.51. The van der Waals surface area contributed by atoms with E-state index in [9.17, 15) is 4.79 Å². The van der Waals surface area contributed by atoms with Crippen molar-refractivity contribution in [2.45, 2.75) is 27.2 Å². The fourth-order valence-corrected chi connectivity index (χ4v) is 2.51. The van der Waals surface area contributed by atoms with Crippen LogP contribution in [0.2, 0.25) is 0 Å². The van der Waals surface area contributed by atoms with Gasteiger partial charge < -0.3 is 4.98 Å². The van der Waals surface area contributed by atoms with Gasteiger partial charge in [0.25, 0.3) is 5.56 Å². The molecule has 3 heteroatoms. The minimum atomic E-state index is -0.0160. The standard InChI is InChI=1S/C16H16N2O/c1-4-14-10(2)15(11(3)18-16(14)19)13-7-5-6-12(8-13)9-17/h5-8H,4H2,1-3H3,(H,18,19). The van der Waals surface area contributed by atoms with Crippen molar-refractivity contribution in [3.05, 3.63) is 57.0 Å². The normalized spacial score (nSPS) is 10.2. The molecule has 2 rings (SSSR count). The quantitative estimate of drug-likeness (QED) is 0.892. The molecule has 1 aromatic heterocycles. The Labute approximate surface area is 112 Å². The Morgan fingerprint density at radius 2 is 2.05 bits per heavy atom. The van der Waals surface area contributed by atoms with E-state index < -0.39 is 0 Å². The number of H-pyrrole nitrogens is 1. The van der Waals surface area contributed by atoms with E-state index in [1.165, 1.54) is 0 Å². The van der Waals surface area contributed by atoms with Gasteiger partial charge in [-0.2, -0.15) is 5.26 Å². The van der Waals surface area contributed by atoms with E-state index in [1.807, 2.05) is 39.0 Å². The van der Waals surface area contributed by atoms with Gasteiger partial charge in [-0.05, 0) is 43.5 Å². The molecule has 0 atom stereocenters. The lowest BCUT2D eigenvalue weighted by molar-refractivity contribution is 1.01. The molecule has 1 aromatic carbocycles. The summed E-state index contributed by atoms with van der Waals surface area (Å²) in [5.41, 5.74) is 5.25. The summed E-state index contributed by atoms with van der Waals surface area (Å²) < 4.78 is 0. The molecule has 1 N–H and O–H groups in total. The Morgan fingerprint density at radius 3 is 2.68 bits per heavy atom. The number of nitrogens with one attached hydrogen (secondary N) is 1. The number of aryl methyl sites for hydroxylation is 1. The number of pyridine rings is 1. The number of aromatic amines is 1. The van der Waals surface area contributed by atoms with Gasteiger partial charge in [0.2, 0.25) is 0 Å². The second kappa shape index (κ2) is 5.11. The number of nitrogens with zero attached hydrogens (tertiary/aromatic N) is 1. The Balaban J connectivity index is 2.75. The smallest absolute Gasteiger partial charge is 0.251 e. The average Bonchev–Trinajstić information content (AvgIpc) is 2.39. The molecule has 3 nitrogen and oxygen atoms in total. The van der Waals surface area contributed by atoms with Crippen molar-refractivity contribution in [1.29, 1.82) is 5.26 Å². The van der Waals surface area contributed by atoms with Gasteiger partial charge in [0.1, 0.15) is 0 Å². The molecule has 0 bridgehead atoms. The SMILES string of the molecule is CCc1c(C)c(-c2cccc(C#N)c2)c(C)[nH]c1=O. The lowest BCUT2D eigenvalue weighted by Gasteiger charge is -2.13. The first kappa shape index (κ1) is 13.1. The lowest BCUT2D eigenvalue weighted by atomic mass is 9.94. The Bertz CT molecular complexity index is 721. The highest BCUT2D eigenvalue weighted by Gasteiger charge is 2.12. The summed E-state index contributed by atoms with van der Waals surface area (Å²) in [4.78, 5) is 14.8. The minimum absolute atomic E-state index is 0.0160. The monoisotopic (exact) mass is 252 g/mol. The second-order valence-electron chi connectivity index (χ2n) is 4.60. The third kappa shape index (κ3) is 2.30. The molecule has 2 aromatic rings. The van der Waals surface area contributed by atoms with Gasteiger partial charge in [0.15, 0.2) is 0 Å². The van der Waals surface area contributed by atoms with Gasteiger partial charge >= 0.3 is 0 Å². The first-order valence-electron chi connectivity index (χ1n) is 6.31. The zero-order valence-corrected chi connectivity index (χ0v) is 11.4. The highest BCUT2D eigenvalue weighted by atomic mass is 16.1. The topological polar surface area (TPSA) is 56.6 Å². The summed E-state index contributed by atoms with van der Waals surface area (Å²) in [6.45, 7) is 5.83. The Kier molecular flexibility index (Phi) is 3.52. The van der Waals surface area contributed by atoms with Crippen LogP contribution in [0.3, 0.4) is 0 Å². The van der Waals surface area contributed by atoms with E-state index in [4.69, 9.17) is 5.26 Å². The zero-order chi connectivity index (χ0) is 14.0. The average molecular weight is 252 g/mol. The van der Waals surface area contributed by atoms with Gasteiger partial charge in [-0.15, -0.1) is 0 Å². The van der Waals surface area contributed by atoms with E-state index >= 15 is 0 Å². The summed E-state index contributed by atoms with van der Waals surface area (Å²) >= 11 is 0. The van der Waals surface area contributed by atoms with Crippen LogP contribution in [0.1, 0.15) is 29.3 Å². The zero-order valence-electron chi connectivity index (χ0n) is 11.4. The predicted octanol–water partition coefficient (Wildman–Crippen LogP) is 3.09. The summed E-state index contributed by atoms with van der Waals surface area (Å²) in [5.74, 6) is 0. The molecular formula is C16H16N2O. The molecule has 0 radical (unpaired) electrons. The molecule has 0 saturated carbocycles. The molecule has 1 heterocycles. The number of benzene rings is 1. The van der Waals surface area contributed by atoms with Crippen molar-refractivity contribution in [3.63, 3.8) is 0 Å². The first-order valence-corrected chi connectivity index (χ1v) is 6.31. The van der Waals surface area contributed by atoms with Crippen molar-refractivity contribution >= 4 is 0 Å². The van der Waals surface area contributed by atoms with Crippen molar-refractivity contribution in [2.24, 2.45) is 0 Å². The number of aromatic nitrogens is 1. The van der Waals surface area contributed by atoms with Gasteiger partial charge in [-0.3, -0.25) is 4.79 Å². The molecule has 0 saturated heterocycles. The maximum atomic E-state index is 11.9.